The number of fused-ring (bicyclic) bond motifs is 1. The maximum Gasteiger partial charge on any atom is 0.148 e. The number of nitrogens with one attached hydrogen (secondary N) is 1. The lowest BCUT2D eigenvalue weighted by Crippen LogP contribution is -2.22. The first-order valence-electron chi connectivity index (χ1n) is 3.84. The van der Waals surface area contributed by atoms with Crippen LogP contribution in [-0.2, 0) is 4.79 Å². The smallest absolute Gasteiger partial charge is 0.148 e. The van der Waals surface area contributed by atoms with Gasteiger partial charge in [0.05, 0.1) is 6.21 Å². The van der Waals surface area contributed by atoms with E-state index in [0.29, 0.717) is 5.56 Å². The molecule has 1 N–H and O–H groups in total. The molecule has 0 fully saturated rings. The van der Waals surface area contributed by atoms with Gasteiger partial charge < -0.3 is 4.79 Å². The van der Waals surface area contributed by atoms with Crippen molar-refractivity contribution in [2.45, 2.75) is 6.04 Å². The Morgan fingerprint density at radius 1 is 1.54 bits per heavy atom. The molecule has 0 aliphatic carbocycles. The van der Waals surface area contributed by atoms with Crippen LogP contribution < -0.4 is 5.43 Å². The van der Waals surface area contributed by atoms with E-state index in [-0.39, 0.29) is 5.82 Å². The summed E-state index contributed by atoms with van der Waals surface area (Å²) in [6.45, 7) is 0. The van der Waals surface area contributed by atoms with Gasteiger partial charge in [-0.25, -0.2) is 4.39 Å². The van der Waals surface area contributed by atoms with E-state index >= 15 is 0 Å². The highest BCUT2D eigenvalue weighted by molar-refractivity contribution is 5.85. The van der Waals surface area contributed by atoms with E-state index in [1.807, 2.05) is 0 Å². The van der Waals surface area contributed by atoms with E-state index in [2.05, 4.69) is 10.5 Å². The average Bonchev–Trinajstić information content (AvgIpc) is 2.16. The van der Waals surface area contributed by atoms with Crippen molar-refractivity contribution >= 4 is 12.5 Å². The third-order valence-corrected chi connectivity index (χ3v) is 1.94. The monoisotopic (exact) mass is 178 g/mol. The number of hydrogen-bond acceptors (Lipinski definition) is 3. The topological polar surface area (TPSA) is 41.5 Å². The van der Waals surface area contributed by atoms with Gasteiger partial charge in [-0.15, -0.1) is 0 Å². The van der Waals surface area contributed by atoms with E-state index in [9.17, 15) is 9.18 Å². The first kappa shape index (κ1) is 7.91. The molecule has 0 saturated heterocycles. The zero-order valence-electron chi connectivity index (χ0n) is 6.70. The molecule has 0 bridgehead atoms. The number of nitrogens with zero attached hydrogens (tertiary/aromatic N) is 1. The van der Waals surface area contributed by atoms with E-state index < -0.39 is 6.04 Å². The molecular weight excluding hydrogens is 171 g/mol. The summed E-state index contributed by atoms with van der Waals surface area (Å²) in [4.78, 5) is 10.6. The van der Waals surface area contributed by atoms with Gasteiger partial charge in [0.1, 0.15) is 18.1 Å². The van der Waals surface area contributed by atoms with Gasteiger partial charge in [0, 0.05) is 5.56 Å². The normalized spacial score (nSPS) is 19.0. The fourth-order valence-corrected chi connectivity index (χ4v) is 1.30. The van der Waals surface area contributed by atoms with Crippen LogP contribution in [-0.4, -0.2) is 12.5 Å². The highest BCUT2D eigenvalue weighted by Crippen LogP contribution is 2.19. The van der Waals surface area contributed by atoms with Gasteiger partial charge in [-0.05, 0) is 17.7 Å². The molecule has 4 heteroatoms. The Kier molecular flexibility index (Phi) is 1.81. The van der Waals surface area contributed by atoms with Crippen molar-refractivity contribution in [3.63, 3.8) is 0 Å². The molecule has 0 amide bonds. The van der Waals surface area contributed by atoms with Gasteiger partial charge in [-0.3, -0.25) is 5.43 Å². The third kappa shape index (κ3) is 1.30. The molecule has 3 nitrogen and oxygen atoms in total. The minimum Gasteiger partial charge on any atom is -0.301 e. The van der Waals surface area contributed by atoms with Crippen molar-refractivity contribution in [1.29, 1.82) is 0 Å². The van der Waals surface area contributed by atoms with Gasteiger partial charge >= 0.3 is 0 Å². The number of hydrazone groups is 1. The molecule has 0 saturated carbocycles. The molecule has 1 heterocycles. The third-order valence-electron chi connectivity index (χ3n) is 1.94. The summed E-state index contributed by atoms with van der Waals surface area (Å²) in [7, 11) is 0. The number of halogens is 1. The molecule has 2 rings (SSSR count). The largest absolute Gasteiger partial charge is 0.301 e. The summed E-state index contributed by atoms with van der Waals surface area (Å²) in [6.07, 6.45) is 2.24. The number of rotatable bonds is 1. The summed E-state index contributed by atoms with van der Waals surface area (Å²) >= 11 is 0. The lowest BCUT2D eigenvalue weighted by Gasteiger charge is -2.17. The van der Waals surface area contributed by atoms with Gasteiger partial charge in [0.15, 0.2) is 0 Å². The Morgan fingerprint density at radius 2 is 2.38 bits per heavy atom. The van der Waals surface area contributed by atoms with Crippen LogP contribution in [0, 0.1) is 5.82 Å². The minimum atomic E-state index is -0.458. The van der Waals surface area contributed by atoms with Crippen molar-refractivity contribution in [2.75, 3.05) is 0 Å². The van der Waals surface area contributed by atoms with E-state index in [1.54, 1.807) is 6.07 Å². The van der Waals surface area contributed by atoms with Crippen molar-refractivity contribution in [3.8, 4) is 0 Å². The first-order valence-corrected chi connectivity index (χ1v) is 3.84. The highest BCUT2D eigenvalue weighted by Gasteiger charge is 2.16. The van der Waals surface area contributed by atoms with Crippen molar-refractivity contribution in [3.05, 3.63) is 35.1 Å². The lowest BCUT2D eigenvalue weighted by atomic mass is 10.0. The highest BCUT2D eigenvalue weighted by atomic mass is 19.1. The van der Waals surface area contributed by atoms with Crippen LogP contribution >= 0.6 is 0 Å². The molecule has 0 radical (unpaired) electrons. The zero-order valence-corrected chi connectivity index (χ0v) is 6.70. The minimum absolute atomic E-state index is 0.322. The number of carbonyl (C=O) groups excluding carboxylic acids is 1. The van der Waals surface area contributed by atoms with Crippen LogP contribution in [0.25, 0.3) is 0 Å². The van der Waals surface area contributed by atoms with Gasteiger partial charge in [-0.2, -0.15) is 5.10 Å². The van der Waals surface area contributed by atoms with Gasteiger partial charge in [-0.1, -0.05) is 6.07 Å². The van der Waals surface area contributed by atoms with Crippen LogP contribution in [0.4, 0.5) is 4.39 Å². The van der Waals surface area contributed by atoms with E-state index in [4.69, 9.17) is 0 Å². The van der Waals surface area contributed by atoms with E-state index in [1.165, 1.54) is 18.3 Å². The van der Waals surface area contributed by atoms with Crippen LogP contribution in [0.2, 0.25) is 0 Å². The quantitative estimate of drug-likeness (QED) is 0.652. The second kappa shape index (κ2) is 2.97. The molecule has 0 spiro atoms. The SMILES string of the molecule is O=CC1NN=Cc2cc(F)ccc21. The maximum absolute atomic E-state index is 12.8. The molecule has 1 unspecified atom stereocenters. The van der Waals surface area contributed by atoms with Crippen LogP contribution in [0.5, 0.6) is 0 Å². The summed E-state index contributed by atoms with van der Waals surface area (Å²) in [6, 6.07) is 3.81. The maximum atomic E-state index is 12.8. The summed E-state index contributed by atoms with van der Waals surface area (Å²) in [5.74, 6) is -0.322. The van der Waals surface area contributed by atoms with Crippen molar-refractivity contribution in [2.24, 2.45) is 5.10 Å². The Bertz CT molecular complexity index is 376. The van der Waals surface area contributed by atoms with Crippen LogP contribution in [0.3, 0.4) is 0 Å². The first-order chi connectivity index (χ1) is 6.31. The molecule has 0 aromatic heterocycles. The fraction of sp³-hybridized carbons (Fsp3) is 0.111. The molecule has 1 aliphatic rings. The number of benzene rings is 1. The van der Waals surface area contributed by atoms with Gasteiger partial charge in [0.25, 0.3) is 0 Å². The Morgan fingerprint density at radius 3 is 3.15 bits per heavy atom. The predicted octanol–water partition coefficient (Wildman–Crippen LogP) is 1.00. The van der Waals surface area contributed by atoms with E-state index in [0.717, 1.165) is 11.8 Å². The standard InChI is InChI=1S/C9H7FN2O/c10-7-1-2-8-6(3-7)4-11-12-9(8)5-13/h1-5,9,12H. The van der Waals surface area contributed by atoms with Crippen molar-refractivity contribution < 1.29 is 9.18 Å². The summed E-state index contributed by atoms with van der Waals surface area (Å²) in [5.41, 5.74) is 4.03. The molecule has 13 heavy (non-hydrogen) atoms. The number of aldehydes is 1. The second-order valence-electron chi connectivity index (χ2n) is 2.77. The number of hydrogen-bond donors (Lipinski definition) is 1. The Balaban J connectivity index is 2.53. The Labute approximate surface area is 74.3 Å². The van der Waals surface area contributed by atoms with Gasteiger partial charge in [0.2, 0.25) is 0 Å². The zero-order chi connectivity index (χ0) is 9.26. The lowest BCUT2D eigenvalue weighted by molar-refractivity contribution is -0.109. The summed E-state index contributed by atoms with van der Waals surface area (Å²) < 4.78 is 12.8. The average molecular weight is 178 g/mol. The number of carbonyl (C=O) groups is 1. The predicted molar refractivity (Wildman–Crippen MR) is 45.9 cm³/mol. The van der Waals surface area contributed by atoms with Crippen LogP contribution in [0.1, 0.15) is 17.2 Å². The molecular formula is C9H7FN2O. The van der Waals surface area contributed by atoms with Crippen molar-refractivity contribution in [1.82, 2.24) is 5.43 Å². The molecule has 1 aromatic rings. The molecule has 66 valence electrons. The Hall–Kier alpha value is -1.71. The molecule has 1 aromatic carbocycles. The fourth-order valence-electron chi connectivity index (χ4n) is 1.30. The molecule has 1 aliphatic heterocycles. The van der Waals surface area contributed by atoms with Crippen LogP contribution in [0.15, 0.2) is 23.3 Å². The second-order valence-corrected chi connectivity index (χ2v) is 2.77. The summed E-state index contributed by atoms with van der Waals surface area (Å²) in [5, 5.41) is 3.74. The molecule has 1 atom stereocenters.